The van der Waals surface area contributed by atoms with Gasteiger partial charge in [0.1, 0.15) is 5.82 Å². The van der Waals surface area contributed by atoms with Crippen molar-refractivity contribution in [1.29, 1.82) is 0 Å². The minimum atomic E-state index is -3.44. The van der Waals surface area contributed by atoms with Crippen LogP contribution in [0.15, 0.2) is 11.2 Å². The Bertz CT molecular complexity index is 450. The number of hydrogen-bond donors (Lipinski definition) is 0. The molecule has 0 unspecified atom stereocenters. The molecule has 17 heavy (non-hydrogen) atoms. The molecule has 0 spiro atoms. The van der Waals surface area contributed by atoms with Crippen molar-refractivity contribution in [3.8, 4) is 0 Å². The van der Waals surface area contributed by atoms with Crippen molar-refractivity contribution >= 4 is 26.0 Å². The van der Waals surface area contributed by atoms with Gasteiger partial charge in [0.05, 0.1) is 0 Å². The molecule has 0 saturated carbocycles. The lowest BCUT2D eigenvalue weighted by Gasteiger charge is -2.18. The van der Waals surface area contributed by atoms with Gasteiger partial charge in [0.2, 0.25) is 0 Å². The van der Waals surface area contributed by atoms with Crippen LogP contribution in [0.3, 0.4) is 0 Å². The number of alkyl halides is 1. The second-order valence-corrected chi connectivity index (χ2v) is 6.45. The van der Waals surface area contributed by atoms with E-state index >= 15 is 0 Å². The molecular formula is C10H18BrN3O2S. The number of imidazole rings is 1. The predicted molar refractivity (Wildman–Crippen MR) is 70.8 cm³/mol. The van der Waals surface area contributed by atoms with Crippen molar-refractivity contribution in [2.75, 3.05) is 18.4 Å². The number of sulfonamides is 1. The molecule has 0 aliphatic rings. The molecule has 0 aromatic carbocycles. The maximum absolute atomic E-state index is 12.3. The Balaban J connectivity index is 2.99. The summed E-state index contributed by atoms with van der Waals surface area (Å²) in [5, 5.41) is 0.925. The molecule has 1 rings (SSSR count). The third-order valence-corrected chi connectivity index (χ3v) is 4.99. The first-order valence-corrected chi connectivity index (χ1v) is 8.05. The van der Waals surface area contributed by atoms with E-state index < -0.39 is 10.0 Å². The lowest BCUT2D eigenvalue weighted by atomic mass is 10.5. The Hall–Kier alpha value is -0.400. The van der Waals surface area contributed by atoms with Crippen molar-refractivity contribution < 1.29 is 8.42 Å². The van der Waals surface area contributed by atoms with Crippen molar-refractivity contribution in [2.24, 2.45) is 7.05 Å². The Labute approximate surface area is 111 Å². The fourth-order valence-corrected chi connectivity index (χ4v) is 3.23. The van der Waals surface area contributed by atoms with Crippen LogP contribution < -0.4 is 0 Å². The van der Waals surface area contributed by atoms with Gasteiger partial charge < -0.3 is 4.57 Å². The maximum Gasteiger partial charge on any atom is 0.262 e. The second-order valence-electron chi connectivity index (χ2n) is 3.78. The first kappa shape index (κ1) is 14.7. The van der Waals surface area contributed by atoms with Gasteiger partial charge in [-0.2, -0.15) is 4.31 Å². The van der Waals surface area contributed by atoms with E-state index in [9.17, 15) is 8.42 Å². The Morgan fingerprint density at radius 3 is 2.59 bits per heavy atom. The highest BCUT2D eigenvalue weighted by atomic mass is 79.9. The van der Waals surface area contributed by atoms with Gasteiger partial charge in [-0.3, -0.25) is 0 Å². The van der Waals surface area contributed by atoms with Crippen molar-refractivity contribution in [3.05, 3.63) is 12.0 Å². The average Bonchev–Trinajstić information content (AvgIpc) is 2.61. The lowest BCUT2D eigenvalue weighted by Crippen LogP contribution is -2.32. The van der Waals surface area contributed by atoms with E-state index in [1.54, 1.807) is 24.7 Å². The fourth-order valence-electron chi connectivity index (χ4n) is 1.47. The second kappa shape index (κ2) is 5.97. The summed E-state index contributed by atoms with van der Waals surface area (Å²) < 4.78 is 27.7. The molecule has 0 aliphatic heterocycles. The molecular weight excluding hydrogens is 306 g/mol. The quantitative estimate of drug-likeness (QED) is 0.746. The largest absolute Gasteiger partial charge is 0.337 e. The number of hydrogen-bond acceptors (Lipinski definition) is 3. The van der Waals surface area contributed by atoms with Gasteiger partial charge in [0.25, 0.3) is 10.0 Å². The van der Waals surface area contributed by atoms with E-state index in [4.69, 9.17) is 0 Å². The van der Waals surface area contributed by atoms with Gasteiger partial charge in [0, 0.05) is 31.7 Å². The van der Waals surface area contributed by atoms with Crippen LogP contribution in [0.5, 0.6) is 0 Å². The summed E-state index contributed by atoms with van der Waals surface area (Å²) in [6.45, 7) is 4.60. The molecule has 0 N–H and O–H groups in total. The van der Waals surface area contributed by atoms with Crippen LogP contribution in [-0.2, 0) is 17.1 Å². The van der Waals surface area contributed by atoms with E-state index in [-0.39, 0.29) is 5.03 Å². The Morgan fingerprint density at radius 2 is 2.18 bits per heavy atom. The molecule has 0 saturated heterocycles. The van der Waals surface area contributed by atoms with E-state index in [0.717, 1.165) is 11.8 Å². The summed E-state index contributed by atoms with van der Waals surface area (Å²) in [6, 6.07) is 0. The molecule has 5 nitrogen and oxygen atoms in total. The van der Waals surface area contributed by atoms with Crippen LogP contribution in [0.4, 0.5) is 0 Å². The van der Waals surface area contributed by atoms with E-state index in [0.29, 0.717) is 18.9 Å². The molecule has 1 aromatic rings. The zero-order chi connectivity index (χ0) is 13.1. The SMILES string of the molecule is CCN(CCCBr)S(=O)(=O)c1cn(C)c(C)n1. The van der Waals surface area contributed by atoms with Gasteiger partial charge in [-0.25, -0.2) is 13.4 Å². The Morgan fingerprint density at radius 1 is 1.53 bits per heavy atom. The summed E-state index contributed by atoms with van der Waals surface area (Å²) in [5.74, 6) is 0.695. The van der Waals surface area contributed by atoms with E-state index in [1.165, 1.54) is 4.31 Å². The van der Waals surface area contributed by atoms with Gasteiger partial charge in [-0.15, -0.1) is 0 Å². The van der Waals surface area contributed by atoms with Crippen molar-refractivity contribution in [1.82, 2.24) is 13.9 Å². The third-order valence-electron chi connectivity index (χ3n) is 2.58. The average molecular weight is 324 g/mol. The highest BCUT2D eigenvalue weighted by molar-refractivity contribution is 9.09. The van der Waals surface area contributed by atoms with E-state index in [1.807, 2.05) is 6.92 Å². The summed E-state index contributed by atoms with van der Waals surface area (Å²) in [7, 11) is -1.66. The van der Waals surface area contributed by atoms with Gasteiger partial charge in [-0.05, 0) is 13.3 Å². The van der Waals surface area contributed by atoms with Crippen LogP contribution in [-0.4, -0.2) is 40.7 Å². The van der Waals surface area contributed by atoms with Crippen molar-refractivity contribution in [3.63, 3.8) is 0 Å². The van der Waals surface area contributed by atoms with Crippen LogP contribution in [0, 0.1) is 6.92 Å². The molecule has 1 heterocycles. The fraction of sp³-hybridized carbons (Fsp3) is 0.700. The lowest BCUT2D eigenvalue weighted by molar-refractivity contribution is 0.426. The topological polar surface area (TPSA) is 55.2 Å². The normalized spacial score (nSPS) is 12.3. The van der Waals surface area contributed by atoms with Crippen LogP contribution in [0.1, 0.15) is 19.2 Å². The minimum Gasteiger partial charge on any atom is -0.337 e. The monoisotopic (exact) mass is 323 g/mol. The van der Waals surface area contributed by atoms with Crippen LogP contribution in [0.2, 0.25) is 0 Å². The third kappa shape index (κ3) is 3.29. The number of aromatic nitrogens is 2. The summed E-state index contributed by atoms with van der Waals surface area (Å²) in [5.41, 5.74) is 0. The number of rotatable bonds is 6. The van der Waals surface area contributed by atoms with Crippen molar-refractivity contribution in [2.45, 2.75) is 25.3 Å². The number of halogens is 1. The molecule has 0 amide bonds. The molecule has 0 radical (unpaired) electrons. The summed E-state index contributed by atoms with van der Waals surface area (Å²) >= 11 is 3.30. The zero-order valence-corrected chi connectivity index (χ0v) is 12.8. The molecule has 98 valence electrons. The standard InChI is InChI=1S/C10H18BrN3O2S/c1-4-14(7-5-6-11)17(15,16)10-8-13(3)9(2)12-10/h8H,4-7H2,1-3H3. The van der Waals surface area contributed by atoms with Gasteiger partial charge >= 0.3 is 0 Å². The number of aryl methyl sites for hydroxylation is 2. The molecule has 1 aromatic heterocycles. The summed E-state index contributed by atoms with van der Waals surface area (Å²) in [4.78, 5) is 4.08. The molecule has 0 aliphatic carbocycles. The van der Waals surface area contributed by atoms with Gasteiger partial charge in [0.15, 0.2) is 5.03 Å². The van der Waals surface area contributed by atoms with Gasteiger partial charge in [-0.1, -0.05) is 22.9 Å². The number of nitrogens with zero attached hydrogens (tertiary/aromatic N) is 3. The van der Waals surface area contributed by atoms with Crippen LogP contribution in [0.25, 0.3) is 0 Å². The first-order valence-electron chi connectivity index (χ1n) is 5.49. The zero-order valence-electron chi connectivity index (χ0n) is 10.4. The highest BCUT2D eigenvalue weighted by Crippen LogP contribution is 2.15. The molecule has 0 fully saturated rings. The minimum absolute atomic E-state index is 0.133. The Kier molecular flexibility index (Phi) is 5.15. The molecule has 0 atom stereocenters. The van der Waals surface area contributed by atoms with Crippen LogP contribution >= 0.6 is 15.9 Å². The molecule has 7 heteroatoms. The summed E-state index contributed by atoms with van der Waals surface area (Å²) in [6.07, 6.45) is 2.35. The predicted octanol–water partition coefficient (Wildman–Crippen LogP) is 1.52. The van der Waals surface area contributed by atoms with E-state index in [2.05, 4.69) is 20.9 Å². The first-order chi connectivity index (χ1) is 7.93. The highest BCUT2D eigenvalue weighted by Gasteiger charge is 2.25. The molecule has 0 bridgehead atoms. The maximum atomic E-state index is 12.3. The smallest absolute Gasteiger partial charge is 0.262 e.